The summed E-state index contributed by atoms with van der Waals surface area (Å²) in [5.74, 6) is -3.45. The number of aryl methyl sites for hydroxylation is 6. The fraction of sp³-hybridized carbons (Fsp3) is 0.560. The van der Waals surface area contributed by atoms with E-state index >= 15 is 0 Å². The van der Waals surface area contributed by atoms with Gasteiger partial charge in [0.25, 0.3) is 23.6 Å². The zero-order valence-electron chi connectivity index (χ0n) is 61.0. The molecule has 0 spiro atoms. The van der Waals surface area contributed by atoms with Crippen LogP contribution in [0.25, 0.3) is 28.6 Å². The zero-order chi connectivity index (χ0) is 71.8. The molecule has 0 saturated heterocycles. The molecule has 0 atom stereocenters. The molecule has 2 aromatic carbocycles. The number of nitriles is 2. The molecule has 1 N–H and O–H groups in total. The fourth-order valence-electron chi connectivity index (χ4n) is 11.1. The molecule has 18 nitrogen and oxygen atoms in total. The van der Waals surface area contributed by atoms with Crippen LogP contribution in [0.4, 0.5) is 10.3 Å². The molecule has 0 unspecified atom stereocenters. The molecule has 2 aliphatic rings. The molecule has 2 aromatic heterocycles. The average molecular weight is 1340 g/mol. The molecule has 95 heavy (non-hydrogen) atoms. The highest BCUT2D eigenvalue weighted by Crippen LogP contribution is 2.42. The first kappa shape index (κ1) is 81.6. The van der Waals surface area contributed by atoms with Crippen molar-refractivity contribution in [1.29, 1.82) is 10.5 Å². The Morgan fingerprint density at radius 2 is 0.905 bits per heavy atom. The number of carbonyl (C=O) groups excluding carboxylic acids is 7. The van der Waals surface area contributed by atoms with Crippen molar-refractivity contribution in [2.45, 2.75) is 221 Å². The van der Waals surface area contributed by atoms with Gasteiger partial charge in [-0.25, -0.2) is 20.0 Å². The van der Waals surface area contributed by atoms with E-state index in [1.54, 1.807) is 78.9 Å². The van der Waals surface area contributed by atoms with Crippen LogP contribution in [0.1, 0.15) is 230 Å². The number of anilines is 2. The monoisotopic (exact) mass is 1340 g/mol. The molecular weight excluding hydrogens is 1230 g/mol. The molecule has 4 aromatic rings. The van der Waals surface area contributed by atoms with Crippen molar-refractivity contribution < 1.29 is 38.7 Å². The number of nitrogens with zero attached hydrogens (tertiary/aromatic N) is 10. The van der Waals surface area contributed by atoms with Crippen molar-refractivity contribution in [3.63, 3.8) is 0 Å². The van der Waals surface area contributed by atoms with E-state index in [2.05, 4.69) is 103 Å². The number of hydrazine groups is 2. The Hall–Kier alpha value is -7.65. The van der Waals surface area contributed by atoms with E-state index in [1.165, 1.54) is 77.2 Å². The summed E-state index contributed by atoms with van der Waals surface area (Å²) in [5, 5.41) is 31.5. The lowest BCUT2D eigenvalue weighted by Crippen LogP contribution is -2.56. The minimum absolute atomic E-state index is 0.0314. The summed E-state index contributed by atoms with van der Waals surface area (Å²) in [4.78, 5) is 106. The molecule has 0 bridgehead atoms. The van der Waals surface area contributed by atoms with Crippen LogP contribution in [0.3, 0.4) is 0 Å². The topological polar surface area (TPSA) is 233 Å². The number of aromatic nitrogens is 2. The Balaban J connectivity index is 0.000000406. The lowest BCUT2D eigenvalue weighted by Gasteiger charge is -2.36. The smallest absolute Gasteiger partial charge is 0.290 e. The summed E-state index contributed by atoms with van der Waals surface area (Å²) >= 11 is 3.09. The van der Waals surface area contributed by atoms with Crippen molar-refractivity contribution in [3.05, 3.63) is 95.3 Å². The van der Waals surface area contributed by atoms with E-state index in [-0.39, 0.29) is 29.0 Å². The van der Waals surface area contributed by atoms with Crippen LogP contribution >= 0.6 is 22.7 Å². The number of carbonyl (C=O) groups is 7. The molecule has 4 heterocycles. The number of imide groups is 2. The quantitative estimate of drug-likeness (QED) is 0.0350. The number of aliphatic hydroxyl groups is 1. The average Bonchev–Trinajstić information content (AvgIpc) is 1.76. The van der Waals surface area contributed by atoms with Crippen LogP contribution in [-0.2, 0) is 67.3 Å². The SMILES string of the molecule is CC1=C(C#N)C(=O)N(N(C)C(=O)C(C)(C)C)C(=O)C1.CCCCN(CCCC)c1nc(-c2c(CC)cc(CC)cc2CC)c(/C=C2\C(=O)N(N(C)C(=O)C(C)(C)C)C(=O)C(C#N)=C2C)s1.CCCCN(CCCC)c1nc(-c2c(CC)cc(CC)cc2CC)c(C=O)s1.CO. The number of benzene rings is 2. The second-order valence-corrected chi connectivity index (χ2v) is 27.8. The molecule has 6 amide bonds. The molecular formula is C75H108N10O8S2. The van der Waals surface area contributed by atoms with E-state index < -0.39 is 40.4 Å². The maximum Gasteiger partial charge on any atom is 0.290 e. The lowest BCUT2D eigenvalue weighted by molar-refractivity contribution is -0.173. The van der Waals surface area contributed by atoms with Crippen LogP contribution in [0.2, 0.25) is 0 Å². The van der Waals surface area contributed by atoms with Gasteiger partial charge in [0.2, 0.25) is 11.8 Å². The molecule has 0 radical (unpaired) electrons. The summed E-state index contributed by atoms with van der Waals surface area (Å²) in [6, 6.07) is 12.9. The van der Waals surface area contributed by atoms with E-state index in [9.17, 15) is 38.8 Å². The Labute approximate surface area is 575 Å². The first-order valence-electron chi connectivity index (χ1n) is 34.0. The number of rotatable bonds is 26. The Bertz CT molecular complexity index is 3480. The normalized spacial score (nSPS) is 13.7. The maximum atomic E-state index is 14.2. The largest absolute Gasteiger partial charge is 0.400 e. The van der Waals surface area contributed by atoms with Crippen molar-refractivity contribution >= 4 is 80.7 Å². The van der Waals surface area contributed by atoms with Gasteiger partial charge in [-0.05, 0) is 129 Å². The van der Waals surface area contributed by atoms with E-state index in [0.717, 1.165) is 174 Å². The first-order chi connectivity index (χ1) is 45.0. The Morgan fingerprint density at radius 1 is 0.558 bits per heavy atom. The highest BCUT2D eigenvalue weighted by Gasteiger charge is 2.43. The van der Waals surface area contributed by atoms with Crippen molar-refractivity contribution in [1.82, 2.24) is 30.0 Å². The van der Waals surface area contributed by atoms with Crippen LogP contribution < -0.4 is 9.80 Å². The van der Waals surface area contributed by atoms with E-state index in [4.69, 9.17) is 20.3 Å². The van der Waals surface area contributed by atoms with Gasteiger partial charge in [0.15, 0.2) is 16.5 Å². The van der Waals surface area contributed by atoms with Crippen molar-refractivity contribution in [2.24, 2.45) is 10.8 Å². The summed E-state index contributed by atoms with van der Waals surface area (Å²) in [7, 11) is 3.77. The lowest BCUT2D eigenvalue weighted by atomic mass is 9.90. The molecule has 20 heteroatoms. The summed E-state index contributed by atoms with van der Waals surface area (Å²) < 4.78 is 0. The number of amides is 6. The van der Waals surface area contributed by atoms with Gasteiger partial charge in [0, 0.05) is 74.9 Å². The van der Waals surface area contributed by atoms with Crippen LogP contribution in [0.5, 0.6) is 0 Å². The van der Waals surface area contributed by atoms with Crippen LogP contribution in [0.15, 0.2) is 52.1 Å². The van der Waals surface area contributed by atoms with Crippen molar-refractivity contribution in [2.75, 3.05) is 57.2 Å². The molecule has 0 aliphatic carbocycles. The maximum absolute atomic E-state index is 14.2. The number of aliphatic hydroxyl groups excluding tert-OH is 1. The number of hydrogen-bond acceptors (Lipinski definition) is 16. The van der Waals surface area contributed by atoms with Crippen molar-refractivity contribution in [3.8, 4) is 34.7 Å². The molecule has 0 saturated carbocycles. The van der Waals surface area contributed by atoms with Gasteiger partial charge in [0.05, 0.1) is 27.6 Å². The highest BCUT2D eigenvalue weighted by molar-refractivity contribution is 7.17. The molecule has 2 aliphatic heterocycles. The predicted octanol–water partition coefficient (Wildman–Crippen LogP) is 15.2. The van der Waals surface area contributed by atoms with Crippen LogP contribution in [0, 0.1) is 33.5 Å². The van der Waals surface area contributed by atoms with Crippen LogP contribution in [-0.4, -0.2) is 124 Å². The Kier molecular flexibility index (Phi) is 32.8. The van der Waals surface area contributed by atoms with Gasteiger partial charge >= 0.3 is 0 Å². The molecule has 6 rings (SSSR count). The zero-order valence-corrected chi connectivity index (χ0v) is 62.6. The van der Waals surface area contributed by atoms with Gasteiger partial charge in [-0.15, -0.1) is 0 Å². The van der Waals surface area contributed by atoms with E-state index in [0.29, 0.717) is 11.1 Å². The summed E-state index contributed by atoms with van der Waals surface area (Å²) in [5.41, 5.74) is 10.8. The third kappa shape index (κ3) is 20.2. The third-order valence-corrected chi connectivity index (χ3v) is 18.8. The van der Waals surface area contributed by atoms with Gasteiger partial charge in [-0.2, -0.15) is 20.5 Å². The number of unbranched alkanes of at least 4 members (excludes halogenated alkanes) is 4. The second kappa shape index (κ2) is 38.2. The summed E-state index contributed by atoms with van der Waals surface area (Å²) in [6.07, 6.45) is 17.1. The minimum Gasteiger partial charge on any atom is -0.400 e. The fourth-order valence-corrected chi connectivity index (χ4v) is 13.1. The third-order valence-electron chi connectivity index (χ3n) is 16.7. The minimum atomic E-state index is -0.847. The molecule has 0 fully saturated rings. The second-order valence-electron chi connectivity index (χ2n) is 25.8. The van der Waals surface area contributed by atoms with E-state index in [1.807, 2.05) is 6.07 Å². The van der Waals surface area contributed by atoms with Gasteiger partial charge in [-0.3, -0.25) is 33.6 Å². The van der Waals surface area contributed by atoms with Gasteiger partial charge in [-0.1, -0.05) is 183 Å². The summed E-state index contributed by atoms with van der Waals surface area (Å²) in [6.45, 7) is 39.1. The van der Waals surface area contributed by atoms with Gasteiger partial charge < -0.3 is 14.9 Å². The number of hydrogen-bond donors (Lipinski definition) is 1. The number of thiazole rings is 2. The molecule has 518 valence electrons. The first-order valence-corrected chi connectivity index (χ1v) is 35.6. The highest BCUT2D eigenvalue weighted by atomic mass is 32.1. The van der Waals surface area contributed by atoms with Gasteiger partial charge in [0.1, 0.15) is 23.3 Å². The number of aldehydes is 1. The standard InChI is InChI=1S/C37H51N5O3S.C24H36N2OS.C13H17N3O3.CH4O/c1-11-16-18-41(19-17-12-2)36-39-32(31-26(14-4)20-25(13-3)21-27(31)15-5)30(46-36)22-28-24(6)29(23-38)34(44)42(33(28)43)40(10)35(45)37(7,8)9;1-6-11-13-26(14-12-7-2)24-25-23(21(17-27)28-24)22-19(9-4)15-18(8-3)16-20(22)10-5;1-8-6-10(17)16(11(18)9(8)7-14)15(5)12(19)13(2,3)4;1-2/h20-22H,11-19H2,1-10H3;15-17H,6-14H2,1-5H3;6H2,1-5H3;2H,1H3/b28-22-;;;. The Morgan fingerprint density at radius 3 is 1.23 bits per heavy atom. The predicted molar refractivity (Wildman–Crippen MR) is 386 cm³/mol.